The lowest BCUT2D eigenvalue weighted by molar-refractivity contribution is 0.626. The molecule has 0 spiro atoms. The normalized spacial score (nSPS) is 14.0. The minimum Gasteiger partial charge on any atom is -0.236 e. The van der Waals surface area contributed by atoms with E-state index in [2.05, 4.69) is 16.0 Å². The summed E-state index contributed by atoms with van der Waals surface area (Å²) in [4.78, 5) is 8.97. The van der Waals surface area contributed by atoms with E-state index in [9.17, 15) is 9.65 Å². The molecule has 0 saturated heterocycles. The summed E-state index contributed by atoms with van der Waals surface area (Å²) >= 11 is 1.47. The molecule has 1 aliphatic carbocycles. The highest BCUT2D eigenvalue weighted by Crippen LogP contribution is 2.39. The van der Waals surface area contributed by atoms with Crippen molar-refractivity contribution in [2.24, 2.45) is 0 Å². The van der Waals surface area contributed by atoms with Crippen molar-refractivity contribution < 1.29 is 4.39 Å². The van der Waals surface area contributed by atoms with Crippen molar-refractivity contribution >= 4 is 11.8 Å². The number of nitrogens with zero attached hydrogens (tertiary/aromatic N) is 3. The molecular weight excluding hydrogens is 285 g/mol. The molecule has 1 fully saturated rings. The fraction of sp³-hybridized carbons (Fsp3) is 0.312. The second-order valence-corrected chi connectivity index (χ2v) is 6.12. The van der Waals surface area contributed by atoms with E-state index in [-0.39, 0.29) is 5.82 Å². The van der Waals surface area contributed by atoms with Crippen LogP contribution in [0.4, 0.5) is 4.39 Å². The number of benzene rings is 1. The van der Waals surface area contributed by atoms with Gasteiger partial charge in [0.15, 0.2) is 0 Å². The number of thioether (sulfide) groups is 1. The molecule has 5 heteroatoms. The molecule has 0 unspecified atom stereocenters. The topological polar surface area (TPSA) is 49.6 Å². The Labute approximate surface area is 127 Å². The fourth-order valence-corrected chi connectivity index (χ4v) is 3.08. The van der Waals surface area contributed by atoms with E-state index in [1.54, 1.807) is 6.07 Å². The summed E-state index contributed by atoms with van der Waals surface area (Å²) in [6, 6.07) is 8.68. The maximum Gasteiger partial charge on any atom is 0.133 e. The zero-order chi connectivity index (χ0) is 14.8. The number of aromatic nitrogens is 2. The largest absolute Gasteiger partial charge is 0.236 e. The molecule has 0 bridgehead atoms. The second kappa shape index (κ2) is 5.82. The first-order valence-corrected chi connectivity index (χ1v) is 7.82. The summed E-state index contributed by atoms with van der Waals surface area (Å²) in [5.41, 5.74) is 2.14. The predicted octanol–water partition coefficient (Wildman–Crippen LogP) is 3.97. The van der Waals surface area contributed by atoms with E-state index >= 15 is 0 Å². The van der Waals surface area contributed by atoms with Gasteiger partial charge in [-0.05, 0) is 37.5 Å². The lowest BCUT2D eigenvalue weighted by Gasteiger charge is -2.08. The van der Waals surface area contributed by atoms with E-state index < -0.39 is 0 Å². The second-order valence-electron chi connectivity index (χ2n) is 5.15. The van der Waals surface area contributed by atoms with Gasteiger partial charge in [0.25, 0.3) is 0 Å². The highest BCUT2D eigenvalue weighted by atomic mass is 32.2. The van der Waals surface area contributed by atoms with Crippen LogP contribution in [0.2, 0.25) is 0 Å². The number of rotatable bonds is 4. The van der Waals surface area contributed by atoms with Crippen molar-refractivity contribution in [3.63, 3.8) is 0 Å². The van der Waals surface area contributed by atoms with Crippen LogP contribution in [0.5, 0.6) is 0 Å². The molecule has 106 valence electrons. The first-order valence-electron chi connectivity index (χ1n) is 6.83. The lowest BCUT2D eigenvalue weighted by atomic mass is 10.2. The molecule has 1 saturated carbocycles. The number of nitriles is 1. The van der Waals surface area contributed by atoms with Crippen LogP contribution in [0, 0.1) is 24.1 Å². The Kier molecular flexibility index (Phi) is 3.89. The van der Waals surface area contributed by atoms with Crippen LogP contribution < -0.4 is 0 Å². The summed E-state index contributed by atoms with van der Waals surface area (Å²) < 4.78 is 13.2. The highest BCUT2D eigenvalue weighted by molar-refractivity contribution is 7.98. The molecule has 0 atom stereocenters. The Balaban J connectivity index is 1.85. The van der Waals surface area contributed by atoms with Crippen molar-refractivity contribution in [1.29, 1.82) is 5.26 Å². The Hall–Kier alpha value is -1.93. The van der Waals surface area contributed by atoms with Crippen molar-refractivity contribution in [1.82, 2.24) is 9.97 Å². The van der Waals surface area contributed by atoms with Gasteiger partial charge in [0.2, 0.25) is 0 Å². The van der Waals surface area contributed by atoms with Crippen LogP contribution >= 0.6 is 11.8 Å². The van der Waals surface area contributed by atoms with E-state index in [1.165, 1.54) is 23.9 Å². The van der Waals surface area contributed by atoms with E-state index in [4.69, 9.17) is 0 Å². The molecule has 3 rings (SSSR count). The van der Waals surface area contributed by atoms with Gasteiger partial charge in [-0.3, -0.25) is 0 Å². The van der Waals surface area contributed by atoms with E-state index in [0.29, 0.717) is 22.3 Å². The van der Waals surface area contributed by atoms with Crippen LogP contribution in [0.25, 0.3) is 0 Å². The number of aryl methyl sites for hydroxylation is 1. The van der Waals surface area contributed by atoms with Crippen LogP contribution in [-0.2, 0) is 5.75 Å². The predicted molar refractivity (Wildman–Crippen MR) is 79.4 cm³/mol. The fourth-order valence-electron chi connectivity index (χ4n) is 2.10. The van der Waals surface area contributed by atoms with Crippen LogP contribution in [0.3, 0.4) is 0 Å². The summed E-state index contributed by atoms with van der Waals surface area (Å²) in [6.07, 6.45) is 2.25. The number of hydrogen-bond acceptors (Lipinski definition) is 4. The molecule has 2 aromatic rings. The zero-order valence-electron chi connectivity index (χ0n) is 11.6. The molecule has 1 aromatic heterocycles. The van der Waals surface area contributed by atoms with Crippen molar-refractivity contribution in [3.05, 3.63) is 52.7 Å². The first-order chi connectivity index (χ1) is 10.2. The van der Waals surface area contributed by atoms with Crippen molar-refractivity contribution in [2.45, 2.75) is 36.5 Å². The maximum absolute atomic E-state index is 13.2. The molecule has 3 nitrogen and oxygen atoms in total. The summed E-state index contributed by atoms with van der Waals surface area (Å²) in [5.74, 6) is 1.64. The van der Waals surface area contributed by atoms with Gasteiger partial charge in [-0.2, -0.15) is 5.26 Å². The van der Waals surface area contributed by atoms with Gasteiger partial charge in [0.05, 0.1) is 5.69 Å². The third kappa shape index (κ3) is 3.22. The Morgan fingerprint density at radius 2 is 2.19 bits per heavy atom. The Morgan fingerprint density at radius 3 is 2.86 bits per heavy atom. The molecule has 21 heavy (non-hydrogen) atoms. The quantitative estimate of drug-likeness (QED) is 0.633. The standard InChI is InChI=1S/C16H14FN3S/c1-10-14(8-18)16(20-15(19-10)12-5-6-12)21-9-11-3-2-4-13(17)7-11/h2-4,7,12H,5-6,9H2,1H3. The van der Waals surface area contributed by atoms with Gasteiger partial charge < -0.3 is 0 Å². The minimum absolute atomic E-state index is 0.244. The molecule has 0 N–H and O–H groups in total. The van der Waals surface area contributed by atoms with Crippen LogP contribution in [0.15, 0.2) is 29.3 Å². The molecule has 0 aliphatic heterocycles. The van der Waals surface area contributed by atoms with Crippen LogP contribution in [-0.4, -0.2) is 9.97 Å². The zero-order valence-corrected chi connectivity index (χ0v) is 12.5. The van der Waals surface area contributed by atoms with Crippen molar-refractivity contribution in [2.75, 3.05) is 0 Å². The third-order valence-electron chi connectivity index (χ3n) is 3.39. The average Bonchev–Trinajstić information content (AvgIpc) is 3.29. The van der Waals surface area contributed by atoms with Gasteiger partial charge in [-0.1, -0.05) is 12.1 Å². The van der Waals surface area contributed by atoms with E-state index in [1.807, 2.05) is 13.0 Å². The van der Waals surface area contributed by atoms with Gasteiger partial charge in [-0.15, -0.1) is 11.8 Å². The lowest BCUT2D eigenvalue weighted by Crippen LogP contribution is -2.01. The number of halogens is 1. The van der Waals surface area contributed by atoms with Gasteiger partial charge in [0, 0.05) is 11.7 Å². The Bertz CT molecular complexity index is 720. The molecule has 0 radical (unpaired) electrons. The third-order valence-corrected chi connectivity index (χ3v) is 4.44. The first kappa shape index (κ1) is 14.0. The van der Waals surface area contributed by atoms with Crippen LogP contribution in [0.1, 0.15) is 41.4 Å². The highest BCUT2D eigenvalue weighted by Gasteiger charge is 2.28. The van der Waals surface area contributed by atoms with E-state index in [0.717, 1.165) is 29.9 Å². The summed E-state index contributed by atoms with van der Waals surface area (Å²) in [7, 11) is 0. The summed E-state index contributed by atoms with van der Waals surface area (Å²) in [5, 5.41) is 9.99. The minimum atomic E-state index is -0.244. The maximum atomic E-state index is 13.2. The molecular formula is C16H14FN3S. The van der Waals surface area contributed by atoms with Gasteiger partial charge in [0.1, 0.15) is 28.3 Å². The molecule has 0 amide bonds. The summed E-state index contributed by atoms with van der Waals surface area (Å²) in [6.45, 7) is 1.85. The molecule has 1 aromatic carbocycles. The van der Waals surface area contributed by atoms with Gasteiger partial charge in [-0.25, -0.2) is 14.4 Å². The smallest absolute Gasteiger partial charge is 0.133 e. The SMILES string of the molecule is Cc1nc(C2CC2)nc(SCc2cccc(F)c2)c1C#N. The monoisotopic (exact) mass is 299 g/mol. The Morgan fingerprint density at radius 1 is 1.38 bits per heavy atom. The van der Waals surface area contributed by atoms with Gasteiger partial charge >= 0.3 is 0 Å². The molecule has 1 aliphatic rings. The molecule has 1 heterocycles. The van der Waals surface area contributed by atoms with Crippen molar-refractivity contribution in [3.8, 4) is 6.07 Å². The average molecular weight is 299 g/mol. The number of hydrogen-bond donors (Lipinski definition) is 0.